The number of nitrogens with zero attached hydrogens (tertiary/aromatic N) is 3. The fraction of sp³-hybridized carbons (Fsp3) is 0.316. The molecule has 1 N–H and O–H groups in total. The predicted octanol–water partition coefficient (Wildman–Crippen LogP) is 1.64. The van der Waals surface area contributed by atoms with E-state index in [0.29, 0.717) is 29.2 Å². The molecule has 0 fully saturated rings. The van der Waals surface area contributed by atoms with Crippen LogP contribution < -0.4 is 15.2 Å². The van der Waals surface area contributed by atoms with Crippen molar-refractivity contribution in [2.45, 2.75) is 13.0 Å². The zero-order chi connectivity index (χ0) is 21.2. The van der Waals surface area contributed by atoms with Crippen LogP contribution in [-0.4, -0.2) is 48.7 Å². The number of hydrogen-bond acceptors (Lipinski definition) is 7. The molecule has 0 saturated heterocycles. The van der Waals surface area contributed by atoms with E-state index in [1.807, 2.05) is 13.0 Å². The summed E-state index contributed by atoms with van der Waals surface area (Å²) in [5.41, 5.74) is 0.926. The first-order valence-electron chi connectivity index (χ1n) is 8.76. The summed E-state index contributed by atoms with van der Waals surface area (Å²) in [7, 11) is -1.96. The van der Waals surface area contributed by atoms with Gasteiger partial charge in [0, 0.05) is 12.5 Å². The molecule has 9 nitrogen and oxygen atoms in total. The van der Waals surface area contributed by atoms with E-state index in [2.05, 4.69) is 9.97 Å². The average molecular weight is 416 g/mol. The Kier molecular flexibility index (Phi) is 5.61. The lowest BCUT2D eigenvalue weighted by molar-refractivity contribution is 0.310. The number of methoxy groups -OCH3 is 1. The quantitative estimate of drug-likeness (QED) is 0.620. The number of nitrogens with one attached hydrogen (secondary N) is 1. The Morgan fingerprint density at radius 2 is 2.07 bits per heavy atom. The number of sulfone groups is 1. The molecule has 0 amide bonds. The van der Waals surface area contributed by atoms with E-state index in [1.54, 1.807) is 18.2 Å². The van der Waals surface area contributed by atoms with Crippen molar-refractivity contribution in [2.24, 2.45) is 0 Å². The number of nitriles is 1. The van der Waals surface area contributed by atoms with Gasteiger partial charge in [-0.15, -0.1) is 0 Å². The second-order valence-corrected chi connectivity index (χ2v) is 8.64. The maximum atomic E-state index is 12.7. The molecule has 1 aromatic carbocycles. The number of rotatable bonds is 7. The van der Waals surface area contributed by atoms with Crippen LogP contribution in [0.3, 0.4) is 0 Å². The lowest BCUT2D eigenvalue weighted by atomic mass is 10.1. The fourth-order valence-electron chi connectivity index (χ4n) is 3.14. The number of ether oxygens (including phenoxy) is 2. The van der Waals surface area contributed by atoms with Crippen molar-refractivity contribution in [3.05, 3.63) is 52.1 Å². The zero-order valence-electron chi connectivity index (χ0n) is 16.2. The first-order valence-corrected chi connectivity index (χ1v) is 10.8. The second-order valence-electron chi connectivity index (χ2n) is 6.46. The molecule has 1 atom stereocenters. The standard InChI is InChI=1S/C19H20N4O5S/c1-4-28-17-8-13(5-6-16(17)27-2)15(11-29(3,25)26)23-18-14(22-19(23)24)7-12(9-20)10-21-18/h5-8,10,15H,4,11H2,1-3H3,(H,22,24)/t15-/m1/s1. The highest BCUT2D eigenvalue weighted by Crippen LogP contribution is 2.32. The SMILES string of the molecule is CCOc1cc([C@@H](CS(C)(=O)=O)n2c(=O)[nH]c3cc(C#N)cnc32)ccc1OC. The summed E-state index contributed by atoms with van der Waals surface area (Å²) >= 11 is 0. The molecule has 0 aliphatic carbocycles. The van der Waals surface area contributed by atoms with E-state index < -0.39 is 21.6 Å². The Hall–Kier alpha value is -3.32. The van der Waals surface area contributed by atoms with Crippen molar-refractivity contribution < 1.29 is 17.9 Å². The van der Waals surface area contributed by atoms with Gasteiger partial charge in [-0.1, -0.05) is 6.07 Å². The van der Waals surface area contributed by atoms with Gasteiger partial charge < -0.3 is 14.5 Å². The number of pyridine rings is 1. The Balaban J connectivity index is 2.24. The first kappa shape index (κ1) is 20.4. The van der Waals surface area contributed by atoms with Gasteiger partial charge in [0.15, 0.2) is 17.1 Å². The van der Waals surface area contributed by atoms with Gasteiger partial charge in [-0.25, -0.2) is 18.2 Å². The molecule has 29 heavy (non-hydrogen) atoms. The van der Waals surface area contributed by atoms with Gasteiger partial charge in [-0.05, 0) is 30.7 Å². The molecule has 10 heteroatoms. The first-order chi connectivity index (χ1) is 13.8. The van der Waals surface area contributed by atoms with E-state index >= 15 is 0 Å². The number of aromatic nitrogens is 3. The summed E-state index contributed by atoms with van der Waals surface area (Å²) in [6.07, 6.45) is 2.44. The van der Waals surface area contributed by atoms with Gasteiger partial charge in [0.05, 0.1) is 36.6 Å². The van der Waals surface area contributed by atoms with Crippen LogP contribution in [0.25, 0.3) is 11.2 Å². The molecule has 3 aromatic rings. The number of benzene rings is 1. The molecule has 0 bridgehead atoms. The second kappa shape index (κ2) is 7.97. The van der Waals surface area contributed by atoms with Gasteiger partial charge in [0.25, 0.3) is 0 Å². The third-order valence-corrected chi connectivity index (χ3v) is 5.25. The number of hydrogen-bond donors (Lipinski definition) is 1. The highest BCUT2D eigenvalue weighted by atomic mass is 32.2. The van der Waals surface area contributed by atoms with Crippen LogP contribution in [0, 0.1) is 11.3 Å². The van der Waals surface area contributed by atoms with Crippen molar-refractivity contribution >= 4 is 21.0 Å². The van der Waals surface area contributed by atoms with Crippen LogP contribution in [-0.2, 0) is 9.84 Å². The highest BCUT2D eigenvalue weighted by Gasteiger charge is 2.25. The topological polar surface area (TPSA) is 127 Å². The molecule has 3 rings (SSSR count). The van der Waals surface area contributed by atoms with Crippen molar-refractivity contribution in [2.75, 3.05) is 25.7 Å². The molecule has 0 radical (unpaired) electrons. The van der Waals surface area contributed by atoms with Crippen LogP contribution in [0.15, 0.2) is 35.3 Å². The number of fused-ring (bicyclic) bond motifs is 1. The van der Waals surface area contributed by atoms with Crippen LogP contribution in [0.4, 0.5) is 0 Å². The molecule has 2 heterocycles. The molecular formula is C19H20N4O5S. The van der Waals surface area contributed by atoms with Crippen LogP contribution in [0.2, 0.25) is 0 Å². The van der Waals surface area contributed by atoms with Gasteiger partial charge in [-0.2, -0.15) is 5.26 Å². The Morgan fingerprint density at radius 3 is 2.69 bits per heavy atom. The maximum Gasteiger partial charge on any atom is 0.328 e. The van der Waals surface area contributed by atoms with Crippen LogP contribution in [0.1, 0.15) is 24.1 Å². The predicted molar refractivity (Wildman–Crippen MR) is 107 cm³/mol. The molecule has 0 aliphatic heterocycles. The summed E-state index contributed by atoms with van der Waals surface area (Å²) in [6, 6.07) is 7.62. The van der Waals surface area contributed by atoms with E-state index in [-0.39, 0.29) is 17.0 Å². The van der Waals surface area contributed by atoms with Gasteiger partial charge >= 0.3 is 5.69 Å². The van der Waals surface area contributed by atoms with E-state index in [1.165, 1.54) is 23.9 Å². The zero-order valence-corrected chi connectivity index (χ0v) is 17.0. The minimum absolute atomic E-state index is 0.261. The monoisotopic (exact) mass is 416 g/mol. The smallest absolute Gasteiger partial charge is 0.328 e. The summed E-state index contributed by atoms with van der Waals surface area (Å²) in [4.78, 5) is 19.5. The molecule has 0 saturated carbocycles. The Morgan fingerprint density at radius 1 is 1.31 bits per heavy atom. The summed E-state index contributed by atoms with van der Waals surface area (Å²) in [5, 5.41) is 9.05. The summed E-state index contributed by atoms with van der Waals surface area (Å²) in [6.45, 7) is 2.21. The van der Waals surface area contributed by atoms with Crippen LogP contribution in [0.5, 0.6) is 11.5 Å². The van der Waals surface area contributed by atoms with Crippen molar-refractivity contribution in [1.29, 1.82) is 5.26 Å². The van der Waals surface area contributed by atoms with E-state index in [9.17, 15) is 13.2 Å². The fourth-order valence-corrected chi connectivity index (χ4v) is 4.05. The average Bonchev–Trinajstić information content (AvgIpc) is 3.00. The third-order valence-electron chi connectivity index (χ3n) is 4.33. The van der Waals surface area contributed by atoms with Gasteiger partial charge in [0.1, 0.15) is 15.9 Å². The van der Waals surface area contributed by atoms with Crippen molar-refractivity contribution in [1.82, 2.24) is 14.5 Å². The maximum absolute atomic E-state index is 12.7. The lowest BCUT2D eigenvalue weighted by Crippen LogP contribution is -2.28. The number of H-pyrrole nitrogens is 1. The molecule has 0 aliphatic rings. The molecule has 0 unspecified atom stereocenters. The van der Waals surface area contributed by atoms with Crippen molar-refractivity contribution in [3.63, 3.8) is 0 Å². The lowest BCUT2D eigenvalue weighted by Gasteiger charge is -2.20. The van der Waals surface area contributed by atoms with E-state index in [4.69, 9.17) is 14.7 Å². The minimum atomic E-state index is -3.46. The Labute approximate surface area is 167 Å². The third kappa shape index (κ3) is 4.25. The molecular weight excluding hydrogens is 396 g/mol. The minimum Gasteiger partial charge on any atom is -0.493 e. The van der Waals surface area contributed by atoms with Crippen LogP contribution >= 0.6 is 0 Å². The highest BCUT2D eigenvalue weighted by molar-refractivity contribution is 7.90. The summed E-state index contributed by atoms with van der Waals surface area (Å²) < 4.78 is 36.5. The Bertz CT molecular complexity index is 1250. The largest absolute Gasteiger partial charge is 0.493 e. The van der Waals surface area contributed by atoms with Crippen molar-refractivity contribution in [3.8, 4) is 17.6 Å². The number of imidazole rings is 1. The van der Waals surface area contributed by atoms with Gasteiger partial charge in [0.2, 0.25) is 0 Å². The number of aromatic amines is 1. The van der Waals surface area contributed by atoms with Gasteiger partial charge in [-0.3, -0.25) is 4.57 Å². The molecule has 0 spiro atoms. The summed E-state index contributed by atoms with van der Waals surface area (Å²) in [5.74, 6) is 0.620. The van der Waals surface area contributed by atoms with E-state index in [0.717, 1.165) is 6.26 Å². The molecule has 2 aromatic heterocycles. The molecule has 152 valence electrons. The normalized spacial score (nSPS) is 12.5.